The zero-order valence-electron chi connectivity index (χ0n) is 18.5. The molecule has 0 aliphatic heterocycles. The summed E-state index contributed by atoms with van der Waals surface area (Å²) in [6, 6.07) is 7.85. The molecule has 1 unspecified atom stereocenters. The summed E-state index contributed by atoms with van der Waals surface area (Å²) in [5, 5.41) is 27.1. The van der Waals surface area contributed by atoms with E-state index in [0.717, 1.165) is 5.56 Å². The maximum atomic E-state index is 9.41. The minimum Gasteiger partial charge on any atom is -0.495 e. The zero-order chi connectivity index (χ0) is 23.1. The molecule has 0 aliphatic carbocycles. The number of aromatic nitrogens is 3. The average Bonchev–Trinajstić information content (AvgIpc) is 3.23. The first-order valence-corrected chi connectivity index (χ1v) is 9.93. The van der Waals surface area contributed by atoms with Crippen LogP contribution < -0.4 is 20.7 Å². The minimum absolute atomic E-state index is 0.178. The van der Waals surface area contributed by atoms with Gasteiger partial charge in [-0.2, -0.15) is 15.2 Å². The van der Waals surface area contributed by atoms with Gasteiger partial charge in [-0.15, -0.1) is 0 Å². The normalized spacial score (nSPS) is 11.6. The van der Waals surface area contributed by atoms with Crippen LogP contribution in [0.4, 0.5) is 17.5 Å². The summed E-state index contributed by atoms with van der Waals surface area (Å²) in [4.78, 5) is 13.9. The van der Waals surface area contributed by atoms with Crippen molar-refractivity contribution >= 4 is 34.8 Å². The molecule has 0 radical (unpaired) electrons. The molecule has 3 rings (SSSR count). The zero-order valence-corrected chi connectivity index (χ0v) is 18.5. The summed E-state index contributed by atoms with van der Waals surface area (Å²) in [7, 11) is 6.86. The number of fused-ring (bicyclic) bond motifs is 1. The first-order chi connectivity index (χ1) is 15.6. The largest absolute Gasteiger partial charge is 0.495 e. The number of nitriles is 1. The first kappa shape index (κ1) is 22.8. The van der Waals surface area contributed by atoms with E-state index in [0.29, 0.717) is 53.0 Å². The molecule has 168 valence electrons. The van der Waals surface area contributed by atoms with E-state index in [1.165, 1.54) is 6.34 Å². The lowest BCUT2D eigenvalue weighted by Gasteiger charge is -2.26. The predicted molar refractivity (Wildman–Crippen MR) is 124 cm³/mol. The van der Waals surface area contributed by atoms with Gasteiger partial charge in [-0.1, -0.05) is 6.07 Å². The Morgan fingerprint density at radius 2 is 2.16 bits per heavy atom. The van der Waals surface area contributed by atoms with Gasteiger partial charge in [-0.25, -0.2) is 0 Å². The van der Waals surface area contributed by atoms with E-state index in [-0.39, 0.29) is 6.17 Å². The first-order valence-electron chi connectivity index (χ1n) is 9.93. The van der Waals surface area contributed by atoms with Crippen LogP contribution in [0.1, 0.15) is 17.3 Å². The molecule has 1 atom stereocenters. The maximum absolute atomic E-state index is 9.41. The minimum atomic E-state index is -0.178. The molecular formula is C21H27N9O2. The summed E-state index contributed by atoms with van der Waals surface area (Å²) in [6.45, 7) is 1.02. The second kappa shape index (κ2) is 10.4. The number of H-pyrrole nitrogens is 1. The summed E-state index contributed by atoms with van der Waals surface area (Å²) in [5.74, 6) is 1.48. The molecule has 0 amide bonds. The number of ether oxygens (including phenoxy) is 2. The molecule has 0 aliphatic rings. The summed E-state index contributed by atoms with van der Waals surface area (Å²) in [5.41, 5.74) is 2.61. The molecule has 5 N–H and O–H groups in total. The van der Waals surface area contributed by atoms with E-state index >= 15 is 0 Å². The van der Waals surface area contributed by atoms with Crippen LogP contribution in [0.2, 0.25) is 0 Å². The molecule has 2 aromatic heterocycles. The molecule has 32 heavy (non-hydrogen) atoms. The molecule has 1 aromatic carbocycles. The quantitative estimate of drug-likeness (QED) is 0.132. The summed E-state index contributed by atoms with van der Waals surface area (Å²) < 4.78 is 10.7. The number of aromatic amines is 1. The third kappa shape index (κ3) is 4.72. The maximum Gasteiger partial charge on any atom is 0.231 e. The van der Waals surface area contributed by atoms with Crippen molar-refractivity contribution in [3.63, 3.8) is 0 Å². The van der Waals surface area contributed by atoms with Gasteiger partial charge in [0.25, 0.3) is 0 Å². The monoisotopic (exact) mass is 437 g/mol. The summed E-state index contributed by atoms with van der Waals surface area (Å²) >= 11 is 0. The van der Waals surface area contributed by atoms with Gasteiger partial charge in [0.05, 0.1) is 36.7 Å². The van der Waals surface area contributed by atoms with Gasteiger partial charge in [0, 0.05) is 26.9 Å². The smallest absolute Gasteiger partial charge is 0.231 e. The van der Waals surface area contributed by atoms with Crippen LogP contribution >= 0.6 is 0 Å². The molecule has 0 saturated carbocycles. The van der Waals surface area contributed by atoms with Gasteiger partial charge in [0.15, 0.2) is 0 Å². The number of methoxy groups -OCH3 is 2. The number of anilines is 3. The Morgan fingerprint density at radius 1 is 1.34 bits per heavy atom. The van der Waals surface area contributed by atoms with E-state index < -0.39 is 0 Å². The van der Waals surface area contributed by atoms with Gasteiger partial charge < -0.3 is 30.0 Å². The van der Waals surface area contributed by atoms with Crippen molar-refractivity contribution in [1.82, 2.24) is 25.2 Å². The van der Waals surface area contributed by atoms with Crippen LogP contribution in [-0.2, 0) is 4.74 Å². The molecule has 11 nitrogen and oxygen atoms in total. The van der Waals surface area contributed by atoms with Crippen molar-refractivity contribution in [1.29, 1.82) is 10.7 Å². The van der Waals surface area contributed by atoms with Crippen LogP contribution in [0.25, 0.3) is 11.0 Å². The Hall–Kier alpha value is -3.88. The number of hydrogen-bond donors (Lipinski definition) is 5. The highest BCUT2D eigenvalue weighted by Crippen LogP contribution is 2.32. The highest BCUT2D eigenvalue weighted by molar-refractivity contribution is 5.93. The lowest BCUT2D eigenvalue weighted by atomic mass is 10.1. The van der Waals surface area contributed by atoms with Crippen molar-refractivity contribution in [2.45, 2.75) is 6.17 Å². The van der Waals surface area contributed by atoms with Crippen molar-refractivity contribution in [3.8, 4) is 11.8 Å². The molecule has 3 aromatic rings. The van der Waals surface area contributed by atoms with Gasteiger partial charge in [-0.3, -0.25) is 10.7 Å². The van der Waals surface area contributed by atoms with Crippen molar-refractivity contribution in [3.05, 3.63) is 35.5 Å². The molecule has 0 spiro atoms. The van der Waals surface area contributed by atoms with Crippen LogP contribution in [0.5, 0.6) is 5.75 Å². The standard InChI is InChI=1S/C21H27N9O2/c1-24-20(30(2)12-23)13-5-6-15(16(9-13)32-4)27-21-28-18(25-7-8-31-3)17-14(10-22)11-26-19(17)29-21/h5-6,9,11-12,20,23-24H,7-8H2,1-4H3,(H3,25,26,27,28,29). The van der Waals surface area contributed by atoms with Gasteiger partial charge in [-0.05, 0) is 24.7 Å². The third-order valence-electron chi connectivity index (χ3n) is 4.92. The molecule has 0 fully saturated rings. The second-order valence-corrected chi connectivity index (χ2v) is 6.92. The van der Waals surface area contributed by atoms with Crippen LogP contribution in [-0.4, -0.2) is 67.7 Å². The Labute approximate surface area is 186 Å². The Bertz CT molecular complexity index is 1120. The van der Waals surface area contributed by atoms with Crippen molar-refractivity contribution in [2.24, 2.45) is 0 Å². The Morgan fingerprint density at radius 3 is 2.81 bits per heavy atom. The van der Waals surface area contributed by atoms with Crippen molar-refractivity contribution < 1.29 is 9.47 Å². The predicted octanol–water partition coefficient (Wildman–Crippen LogP) is 2.40. The average molecular weight is 438 g/mol. The lowest BCUT2D eigenvalue weighted by molar-refractivity contribution is 0.210. The SMILES string of the molecule is CNC(c1ccc(Nc2nc(NCCOC)c3c(C#N)c[nH]c3n2)c(OC)c1)N(C)C=N. The number of nitrogens with one attached hydrogen (secondary N) is 5. The molecule has 0 saturated heterocycles. The fraction of sp³-hybridized carbons (Fsp3) is 0.333. The topological polar surface area (TPSA) is 147 Å². The fourth-order valence-electron chi connectivity index (χ4n) is 3.36. The number of benzene rings is 1. The van der Waals surface area contributed by atoms with Crippen LogP contribution in [0.15, 0.2) is 24.4 Å². The van der Waals surface area contributed by atoms with E-state index in [9.17, 15) is 5.26 Å². The van der Waals surface area contributed by atoms with Gasteiger partial charge >= 0.3 is 0 Å². The Kier molecular flexibility index (Phi) is 7.43. The fourth-order valence-corrected chi connectivity index (χ4v) is 3.36. The van der Waals surface area contributed by atoms with E-state index in [4.69, 9.17) is 14.9 Å². The molecular weight excluding hydrogens is 410 g/mol. The van der Waals surface area contributed by atoms with E-state index in [2.05, 4.69) is 37.0 Å². The molecule has 2 heterocycles. The van der Waals surface area contributed by atoms with E-state index in [1.54, 1.807) is 25.3 Å². The third-order valence-corrected chi connectivity index (χ3v) is 4.92. The van der Waals surface area contributed by atoms with Crippen molar-refractivity contribution in [2.75, 3.05) is 52.1 Å². The second-order valence-electron chi connectivity index (χ2n) is 6.92. The highest BCUT2D eigenvalue weighted by atomic mass is 16.5. The summed E-state index contributed by atoms with van der Waals surface area (Å²) in [6.07, 6.45) is 2.69. The van der Waals surface area contributed by atoms with Crippen LogP contribution in [0.3, 0.4) is 0 Å². The van der Waals surface area contributed by atoms with Gasteiger partial charge in [0.1, 0.15) is 29.4 Å². The highest BCUT2D eigenvalue weighted by Gasteiger charge is 2.17. The lowest BCUT2D eigenvalue weighted by Crippen LogP contribution is -2.32. The van der Waals surface area contributed by atoms with Crippen LogP contribution in [0, 0.1) is 16.7 Å². The number of rotatable bonds is 11. The number of hydrogen-bond acceptors (Lipinski definition) is 9. The molecule has 0 bridgehead atoms. The number of nitrogens with zero attached hydrogens (tertiary/aromatic N) is 4. The Balaban J connectivity index is 1.96. The van der Waals surface area contributed by atoms with Gasteiger partial charge in [0.2, 0.25) is 5.95 Å². The molecule has 11 heteroatoms. The van der Waals surface area contributed by atoms with E-state index in [1.807, 2.05) is 32.3 Å².